The van der Waals surface area contributed by atoms with Gasteiger partial charge in [-0.1, -0.05) is 30.3 Å². The summed E-state index contributed by atoms with van der Waals surface area (Å²) < 4.78 is 0. The van der Waals surface area contributed by atoms with Crippen LogP contribution in [0, 0.1) is 0 Å². The first-order chi connectivity index (χ1) is 8.18. The minimum atomic E-state index is -0.314. The second kappa shape index (κ2) is 5.20. The second-order valence-corrected chi connectivity index (χ2v) is 4.76. The van der Waals surface area contributed by atoms with E-state index >= 15 is 0 Å². The number of hydrazine groups is 1. The number of carbonyl (C=O) groups is 1. The third kappa shape index (κ3) is 2.78. The molecule has 1 aromatic rings. The number of hydrogen-bond donors (Lipinski definition) is 2. The van der Waals surface area contributed by atoms with Crippen molar-refractivity contribution < 1.29 is 4.79 Å². The smallest absolute Gasteiger partial charge is 0.276 e. The number of carbonyl (C=O) groups excluding carboxylic acids is 1. The molecule has 0 saturated carbocycles. The number of nitrogens with two attached hydrogens (primary N) is 1. The molecular formula is C11H14N4OS. The van der Waals surface area contributed by atoms with Crippen molar-refractivity contribution in [1.82, 2.24) is 10.4 Å². The van der Waals surface area contributed by atoms with Crippen molar-refractivity contribution >= 4 is 23.4 Å². The molecule has 2 rings (SSSR count). The summed E-state index contributed by atoms with van der Waals surface area (Å²) in [5.74, 6) is 6.23. The van der Waals surface area contributed by atoms with Gasteiger partial charge >= 0.3 is 0 Å². The fourth-order valence-electron chi connectivity index (χ4n) is 1.42. The fraction of sp³-hybridized carbons (Fsp3) is 0.273. The Hall–Kier alpha value is -1.53. The number of rotatable bonds is 3. The molecule has 1 unspecified atom stereocenters. The lowest BCUT2D eigenvalue weighted by Crippen LogP contribution is -2.55. The van der Waals surface area contributed by atoms with Crippen LogP contribution in [0.25, 0.3) is 0 Å². The molecule has 0 aromatic heterocycles. The maximum atomic E-state index is 11.6. The predicted molar refractivity (Wildman–Crippen MR) is 68.8 cm³/mol. The lowest BCUT2D eigenvalue weighted by atomic mass is 10.2. The van der Waals surface area contributed by atoms with Gasteiger partial charge in [0, 0.05) is 5.75 Å². The molecule has 90 valence electrons. The largest absolute Gasteiger partial charge is 0.286 e. The van der Waals surface area contributed by atoms with Crippen molar-refractivity contribution in [1.29, 1.82) is 0 Å². The van der Waals surface area contributed by atoms with E-state index in [2.05, 4.69) is 10.5 Å². The summed E-state index contributed by atoms with van der Waals surface area (Å²) in [5, 5.41) is 5.11. The number of amides is 1. The number of thioether (sulfide) groups is 1. The van der Waals surface area contributed by atoms with Gasteiger partial charge in [0.15, 0.2) is 5.50 Å². The van der Waals surface area contributed by atoms with Gasteiger partial charge in [0.2, 0.25) is 0 Å². The molecule has 0 radical (unpaired) electrons. The average molecular weight is 250 g/mol. The SMILES string of the molecule is CC1=NNC(SCc2ccccc2)N(N)C1=O. The Morgan fingerprint density at radius 1 is 1.47 bits per heavy atom. The van der Waals surface area contributed by atoms with Crippen LogP contribution in [0.3, 0.4) is 0 Å². The van der Waals surface area contributed by atoms with Gasteiger partial charge in [0.05, 0.1) is 0 Å². The molecular weight excluding hydrogens is 236 g/mol. The predicted octanol–water partition coefficient (Wildman–Crippen LogP) is 0.885. The lowest BCUT2D eigenvalue weighted by Gasteiger charge is -2.29. The molecule has 1 aromatic carbocycles. The molecule has 1 amide bonds. The van der Waals surface area contributed by atoms with Crippen molar-refractivity contribution in [2.24, 2.45) is 10.9 Å². The highest BCUT2D eigenvalue weighted by Gasteiger charge is 2.26. The van der Waals surface area contributed by atoms with Crippen LogP contribution in [0.15, 0.2) is 35.4 Å². The van der Waals surface area contributed by atoms with Gasteiger partial charge < -0.3 is 0 Å². The summed E-state index contributed by atoms with van der Waals surface area (Å²) in [6.07, 6.45) is 0. The van der Waals surface area contributed by atoms with E-state index in [1.54, 1.807) is 6.92 Å². The van der Waals surface area contributed by atoms with E-state index in [-0.39, 0.29) is 11.4 Å². The molecule has 0 spiro atoms. The van der Waals surface area contributed by atoms with Gasteiger partial charge in [-0.05, 0) is 12.5 Å². The summed E-state index contributed by atoms with van der Waals surface area (Å²) in [4.78, 5) is 11.6. The normalized spacial score (nSPS) is 19.9. The highest BCUT2D eigenvalue weighted by atomic mass is 32.2. The van der Waals surface area contributed by atoms with Crippen molar-refractivity contribution in [2.45, 2.75) is 18.2 Å². The Balaban J connectivity index is 1.95. The lowest BCUT2D eigenvalue weighted by molar-refractivity contribution is -0.126. The molecule has 3 N–H and O–H groups in total. The molecule has 0 bridgehead atoms. The van der Waals surface area contributed by atoms with E-state index in [1.165, 1.54) is 22.3 Å². The fourth-order valence-corrected chi connectivity index (χ4v) is 2.35. The van der Waals surface area contributed by atoms with Crippen LogP contribution in [-0.2, 0) is 10.5 Å². The van der Waals surface area contributed by atoms with E-state index in [4.69, 9.17) is 5.84 Å². The molecule has 1 aliphatic heterocycles. The van der Waals surface area contributed by atoms with Crippen molar-refractivity contribution in [3.63, 3.8) is 0 Å². The topological polar surface area (TPSA) is 70.7 Å². The molecule has 17 heavy (non-hydrogen) atoms. The van der Waals surface area contributed by atoms with E-state index in [9.17, 15) is 4.79 Å². The van der Waals surface area contributed by atoms with Crippen molar-refractivity contribution in [2.75, 3.05) is 0 Å². The quantitative estimate of drug-likeness (QED) is 0.617. The van der Waals surface area contributed by atoms with Gasteiger partial charge in [-0.25, -0.2) is 10.9 Å². The summed E-state index contributed by atoms with van der Waals surface area (Å²) in [5.41, 5.74) is 4.10. The van der Waals surface area contributed by atoms with Crippen LogP contribution < -0.4 is 11.3 Å². The maximum absolute atomic E-state index is 11.6. The molecule has 0 saturated heterocycles. The molecule has 5 nitrogen and oxygen atoms in total. The van der Waals surface area contributed by atoms with Crippen molar-refractivity contribution in [3.8, 4) is 0 Å². The first-order valence-electron chi connectivity index (χ1n) is 5.22. The van der Waals surface area contributed by atoms with Gasteiger partial charge in [-0.2, -0.15) is 5.10 Å². The van der Waals surface area contributed by atoms with Gasteiger partial charge in [0.25, 0.3) is 5.91 Å². The molecule has 1 heterocycles. The zero-order valence-electron chi connectivity index (χ0n) is 9.46. The summed E-state index contributed by atoms with van der Waals surface area (Å²) in [7, 11) is 0. The minimum Gasteiger partial charge on any atom is -0.276 e. The van der Waals surface area contributed by atoms with Crippen LogP contribution in [0.4, 0.5) is 0 Å². The van der Waals surface area contributed by atoms with Crippen LogP contribution in [-0.4, -0.2) is 22.1 Å². The van der Waals surface area contributed by atoms with Gasteiger partial charge in [-0.3, -0.25) is 10.2 Å². The van der Waals surface area contributed by atoms with E-state index < -0.39 is 0 Å². The Labute approximate surface area is 104 Å². The Morgan fingerprint density at radius 2 is 2.18 bits per heavy atom. The summed E-state index contributed by atoms with van der Waals surface area (Å²) in [6, 6.07) is 10.0. The zero-order chi connectivity index (χ0) is 12.3. The number of nitrogens with zero attached hydrogens (tertiary/aromatic N) is 2. The standard InChI is InChI=1S/C11H14N4OS/c1-8-10(16)15(12)11(14-13-8)17-7-9-5-3-2-4-6-9/h2-6,11,14H,7,12H2,1H3. The maximum Gasteiger partial charge on any atom is 0.286 e. The number of nitrogens with one attached hydrogen (secondary N) is 1. The average Bonchev–Trinajstić information content (AvgIpc) is 2.36. The van der Waals surface area contributed by atoms with Crippen LogP contribution in [0.2, 0.25) is 0 Å². The van der Waals surface area contributed by atoms with Crippen LogP contribution >= 0.6 is 11.8 Å². The molecule has 1 atom stereocenters. The van der Waals surface area contributed by atoms with E-state index in [0.717, 1.165) is 5.75 Å². The molecule has 6 heteroatoms. The summed E-state index contributed by atoms with van der Waals surface area (Å²) >= 11 is 1.53. The molecule has 1 aliphatic rings. The molecule has 0 aliphatic carbocycles. The number of hydrogen-bond acceptors (Lipinski definition) is 5. The number of benzene rings is 1. The first kappa shape index (κ1) is 11.9. The third-order valence-corrected chi connectivity index (χ3v) is 3.54. The Kier molecular flexibility index (Phi) is 3.65. The van der Waals surface area contributed by atoms with Gasteiger partial charge in [-0.15, -0.1) is 11.8 Å². The summed E-state index contributed by atoms with van der Waals surface area (Å²) in [6.45, 7) is 1.63. The van der Waals surface area contributed by atoms with Gasteiger partial charge in [0.1, 0.15) is 5.71 Å². The Bertz CT molecular complexity index is 434. The van der Waals surface area contributed by atoms with E-state index in [0.29, 0.717) is 5.71 Å². The van der Waals surface area contributed by atoms with Crippen LogP contribution in [0.5, 0.6) is 0 Å². The minimum absolute atomic E-state index is 0.241. The number of hydrazone groups is 1. The first-order valence-corrected chi connectivity index (χ1v) is 6.27. The molecule has 0 fully saturated rings. The second-order valence-electron chi connectivity index (χ2n) is 3.69. The monoisotopic (exact) mass is 250 g/mol. The highest BCUT2D eigenvalue weighted by Crippen LogP contribution is 2.19. The zero-order valence-corrected chi connectivity index (χ0v) is 10.3. The highest BCUT2D eigenvalue weighted by molar-refractivity contribution is 7.99. The Morgan fingerprint density at radius 3 is 2.88 bits per heavy atom. The van der Waals surface area contributed by atoms with Crippen LogP contribution in [0.1, 0.15) is 12.5 Å². The van der Waals surface area contributed by atoms with Crippen molar-refractivity contribution in [3.05, 3.63) is 35.9 Å². The third-order valence-electron chi connectivity index (χ3n) is 2.39. The van der Waals surface area contributed by atoms with E-state index in [1.807, 2.05) is 30.3 Å².